The van der Waals surface area contributed by atoms with E-state index in [-0.39, 0.29) is 11.9 Å². The minimum atomic E-state index is -0.565. The molecule has 1 aromatic carbocycles. The van der Waals surface area contributed by atoms with Crippen molar-refractivity contribution in [3.63, 3.8) is 0 Å². The molecule has 1 amide bonds. The van der Waals surface area contributed by atoms with Gasteiger partial charge in [0.25, 0.3) is 0 Å². The topological polar surface area (TPSA) is 82.8 Å². The monoisotopic (exact) mass is 294 g/mol. The second kappa shape index (κ2) is 7.28. The molecule has 116 valence electrons. The maximum absolute atomic E-state index is 12.0. The molecule has 3 N–H and O–H groups in total. The van der Waals surface area contributed by atoms with Gasteiger partial charge in [0.1, 0.15) is 13.2 Å². The van der Waals surface area contributed by atoms with Crippen molar-refractivity contribution < 1.29 is 19.0 Å². The highest BCUT2D eigenvalue weighted by atomic mass is 16.6. The second-order valence-electron chi connectivity index (χ2n) is 5.02. The Morgan fingerprint density at radius 3 is 2.81 bits per heavy atom. The van der Waals surface area contributed by atoms with E-state index >= 15 is 0 Å². The van der Waals surface area contributed by atoms with Crippen molar-refractivity contribution in [3.8, 4) is 11.5 Å². The van der Waals surface area contributed by atoms with Gasteiger partial charge in [0.05, 0.1) is 12.1 Å². The lowest BCUT2D eigenvalue weighted by Gasteiger charge is -2.22. The van der Waals surface area contributed by atoms with E-state index in [1.165, 1.54) is 0 Å². The molecule has 0 aromatic heterocycles. The van der Waals surface area contributed by atoms with Gasteiger partial charge in [-0.1, -0.05) is 6.07 Å². The molecule has 0 bridgehead atoms. The third kappa shape index (κ3) is 4.09. The molecular formula is C15H22N2O4. The maximum atomic E-state index is 12.0. The highest BCUT2D eigenvalue weighted by Gasteiger charge is 2.18. The lowest BCUT2D eigenvalue weighted by molar-refractivity contribution is -0.123. The van der Waals surface area contributed by atoms with Gasteiger partial charge in [-0.05, 0) is 31.0 Å². The molecule has 2 atom stereocenters. The van der Waals surface area contributed by atoms with Crippen LogP contribution in [0.3, 0.4) is 0 Å². The molecule has 2 unspecified atom stereocenters. The molecule has 21 heavy (non-hydrogen) atoms. The zero-order chi connectivity index (χ0) is 15.2. The van der Waals surface area contributed by atoms with Gasteiger partial charge < -0.3 is 25.3 Å². The molecule has 1 aliphatic heterocycles. The largest absolute Gasteiger partial charge is 0.486 e. The number of nitrogens with two attached hydrogens (primary N) is 1. The number of hydrogen-bond donors (Lipinski definition) is 2. The lowest BCUT2D eigenvalue weighted by Crippen LogP contribution is -2.42. The third-order valence-electron chi connectivity index (χ3n) is 3.39. The molecule has 6 nitrogen and oxygen atoms in total. The van der Waals surface area contributed by atoms with E-state index in [0.29, 0.717) is 32.0 Å². The minimum absolute atomic E-state index is 0.151. The molecule has 2 rings (SSSR count). The lowest BCUT2D eigenvalue weighted by atomic mass is 10.1. The number of benzene rings is 1. The standard InChI is InChI=1S/C15H22N2O4/c1-10(17-15(18)12(16)5-6-19-2)11-3-4-13-14(9-11)21-8-7-20-13/h3-4,9-10,12H,5-8,16H2,1-2H3,(H,17,18). The van der Waals surface area contributed by atoms with E-state index in [1.54, 1.807) is 7.11 Å². The van der Waals surface area contributed by atoms with Gasteiger partial charge in [0, 0.05) is 13.7 Å². The van der Waals surface area contributed by atoms with Crippen LogP contribution in [0.5, 0.6) is 11.5 Å². The number of carbonyl (C=O) groups excluding carboxylic acids is 1. The van der Waals surface area contributed by atoms with Gasteiger partial charge in [-0.3, -0.25) is 4.79 Å². The number of hydrogen-bond acceptors (Lipinski definition) is 5. The molecule has 6 heteroatoms. The third-order valence-corrected chi connectivity index (χ3v) is 3.39. The van der Waals surface area contributed by atoms with Crippen LogP contribution in [0, 0.1) is 0 Å². The van der Waals surface area contributed by atoms with Gasteiger partial charge in [0.2, 0.25) is 5.91 Å². The number of amides is 1. The fraction of sp³-hybridized carbons (Fsp3) is 0.533. The normalized spacial score (nSPS) is 16.1. The Labute approximate surface area is 124 Å². The highest BCUT2D eigenvalue weighted by molar-refractivity contribution is 5.81. The average molecular weight is 294 g/mol. The van der Waals surface area contributed by atoms with E-state index < -0.39 is 6.04 Å². The first-order chi connectivity index (χ1) is 10.1. The van der Waals surface area contributed by atoms with Crippen molar-refractivity contribution in [2.24, 2.45) is 5.73 Å². The fourth-order valence-corrected chi connectivity index (χ4v) is 2.11. The van der Waals surface area contributed by atoms with Crippen LogP contribution in [0.2, 0.25) is 0 Å². The Kier molecular flexibility index (Phi) is 5.41. The Morgan fingerprint density at radius 1 is 1.38 bits per heavy atom. The van der Waals surface area contributed by atoms with Gasteiger partial charge in [-0.25, -0.2) is 0 Å². The van der Waals surface area contributed by atoms with Crippen LogP contribution in [0.1, 0.15) is 24.9 Å². The van der Waals surface area contributed by atoms with Crippen molar-refractivity contribution >= 4 is 5.91 Å². The Bertz CT molecular complexity index is 493. The SMILES string of the molecule is COCCC(N)C(=O)NC(C)c1ccc2c(c1)OCCO2. The molecule has 0 radical (unpaired) electrons. The molecule has 1 heterocycles. The molecule has 0 saturated carbocycles. The van der Waals surface area contributed by atoms with Gasteiger partial charge in [-0.2, -0.15) is 0 Å². The van der Waals surface area contributed by atoms with Crippen LogP contribution in [0.4, 0.5) is 0 Å². The van der Waals surface area contributed by atoms with E-state index in [9.17, 15) is 4.79 Å². The minimum Gasteiger partial charge on any atom is -0.486 e. The quantitative estimate of drug-likeness (QED) is 0.818. The zero-order valence-corrected chi connectivity index (χ0v) is 12.4. The number of carbonyl (C=O) groups is 1. The molecule has 0 spiro atoms. The van der Waals surface area contributed by atoms with E-state index in [1.807, 2.05) is 25.1 Å². The maximum Gasteiger partial charge on any atom is 0.237 e. The first-order valence-electron chi connectivity index (χ1n) is 7.06. The first-order valence-corrected chi connectivity index (χ1v) is 7.06. The van der Waals surface area contributed by atoms with Crippen molar-refractivity contribution in [1.29, 1.82) is 0 Å². The van der Waals surface area contributed by atoms with Crippen LogP contribution in [-0.2, 0) is 9.53 Å². The number of fused-ring (bicyclic) bond motifs is 1. The molecule has 1 aliphatic rings. The van der Waals surface area contributed by atoms with E-state index in [4.69, 9.17) is 19.9 Å². The van der Waals surface area contributed by atoms with Gasteiger partial charge >= 0.3 is 0 Å². The number of nitrogens with one attached hydrogen (secondary N) is 1. The van der Waals surface area contributed by atoms with Crippen LogP contribution < -0.4 is 20.5 Å². The fourth-order valence-electron chi connectivity index (χ4n) is 2.11. The number of methoxy groups -OCH3 is 1. The number of rotatable bonds is 6. The summed E-state index contributed by atoms with van der Waals surface area (Å²) in [6.45, 7) is 3.48. The van der Waals surface area contributed by atoms with Gasteiger partial charge in [0.15, 0.2) is 11.5 Å². The zero-order valence-electron chi connectivity index (χ0n) is 12.4. The highest BCUT2D eigenvalue weighted by Crippen LogP contribution is 2.32. The Morgan fingerprint density at radius 2 is 2.10 bits per heavy atom. The summed E-state index contributed by atoms with van der Waals surface area (Å²) in [7, 11) is 1.59. The Balaban J connectivity index is 1.96. The van der Waals surface area contributed by atoms with Crippen LogP contribution in [0.15, 0.2) is 18.2 Å². The van der Waals surface area contributed by atoms with Crippen molar-refractivity contribution in [1.82, 2.24) is 5.32 Å². The summed E-state index contributed by atoms with van der Waals surface area (Å²) in [4.78, 5) is 12.0. The van der Waals surface area contributed by atoms with E-state index in [0.717, 1.165) is 11.3 Å². The van der Waals surface area contributed by atoms with Crippen LogP contribution in [0.25, 0.3) is 0 Å². The predicted octanol–water partition coefficient (Wildman–Crippen LogP) is 0.999. The summed E-state index contributed by atoms with van der Waals surface area (Å²) in [6, 6.07) is 4.95. The molecule has 0 saturated heterocycles. The molecule has 0 aliphatic carbocycles. The summed E-state index contributed by atoms with van der Waals surface area (Å²) in [5, 5.41) is 2.90. The molecule has 1 aromatic rings. The summed E-state index contributed by atoms with van der Waals surface area (Å²) < 4.78 is 15.9. The van der Waals surface area contributed by atoms with E-state index in [2.05, 4.69) is 5.32 Å². The molecule has 0 fully saturated rings. The summed E-state index contributed by atoms with van der Waals surface area (Å²) in [5.41, 5.74) is 6.75. The summed E-state index contributed by atoms with van der Waals surface area (Å²) in [6.07, 6.45) is 0.496. The van der Waals surface area contributed by atoms with Crippen LogP contribution in [-0.4, -0.2) is 38.9 Å². The predicted molar refractivity (Wildman–Crippen MR) is 78.5 cm³/mol. The molecular weight excluding hydrogens is 272 g/mol. The van der Waals surface area contributed by atoms with Crippen LogP contribution >= 0.6 is 0 Å². The smallest absolute Gasteiger partial charge is 0.237 e. The van der Waals surface area contributed by atoms with Crippen molar-refractivity contribution in [2.45, 2.75) is 25.4 Å². The van der Waals surface area contributed by atoms with Crippen molar-refractivity contribution in [2.75, 3.05) is 26.9 Å². The second-order valence-corrected chi connectivity index (χ2v) is 5.02. The summed E-state index contributed by atoms with van der Waals surface area (Å²) >= 11 is 0. The van der Waals surface area contributed by atoms with Gasteiger partial charge in [-0.15, -0.1) is 0 Å². The average Bonchev–Trinajstić information content (AvgIpc) is 2.51. The Hall–Kier alpha value is -1.79. The summed E-state index contributed by atoms with van der Waals surface area (Å²) in [5.74, 6) is 1.26. The van der Waals surface area contributed by atoms with Crippen molar-refractivity contribution in [3.05, 3.63) is 23.8 Å². The number of ether oxygens (including phenoxy) is 3. The first kappa shape index (κ1) is 15.6.